The molecule has 1 N–H and O–H groups in total. The van der Waals surface area contributed by atoms with Crippen molar-refractivity contribution in [1.29, 1.82) is 0 Å². The van der Waals surface area contributed by atoms with Crippen LogP contribution in [0, 0.1) is 6.92 Å². The van der Waals surface area contributed by atoms with E-state index in [4.69, 9.17) is 0 Å². The SMILES string of the molecule is Cc1nccn1-c1cc(NS(=O)(=O)c2cc(C(F)(F)F)cc(C(F)(F)F)c2)ncn1. The number of sulfonamides is 1. The molecule has 2 aromatic heterocycles. The van der Waals surface area contributed by atoms with E-state index in [1.54, 1.807) is 6.92 Å². The van der Waals surface area contributed by atoms with E-state index < -0.39 is 38.4 Å². The number of rotatable bonds is 4. The fourth-order valence-corrected chi connectivity index (χ4v) is 3.50. The maximum atomic E-state index is 13.0. The Labute approximate surface area is 165 Å². The van der Waals surface area contributed by atoms with Crippen molar-refractivity contribution in [2.75, 3.05) is 4.72 Å². The van der Waals surface area contributed by atoms with Crippen LogP contribution in [0.4, 0.5) is 32.2 Å². The first-order valence-corrected chi connectivity index (χ1v) is 9.40. The van der Waals surface area contributed by atoms with Crippen LogP contribution in [0.2, 0.25) is 0 Å². The summed E-state index contributed by atoms with van der Waals surface area (Å²) in [6.07, 6.45) is -6.44. The number of imidazole rings is 1. The Bertz CT molecular complexity index is 1160. The molecular weight excluding hydrogens is 440 g/mol. The fourth-order valence-electron chi connectivity index (χ4n) is 2.43. The summed E-state index contributed by atoms with van der Waals surface area (Å²) in [6, 6.07) is 1.20. The topological polar surface area (TPSA) is 89.8 Å². The predicted octanol–water partition coefficient (Wildman–Crippen LogP) is 3.81. The normalized spacial score (nSPS) is 12.8. The van der Waals surface area contributed by atoms with Gasteiger partial charge in [0, 0.05) is 18.5 Å². The smallest absolute Gasteiger partial charge is 0.288 e. The molecule has 1 aromatic carbocycles. The van der Waals surface area contributed by atoms with E-state index in [-0.39, 0.29) is 29.8 Å². The molecule has 3 aromatic rings. The van der Waals surface area contributed by atoms with Gasteiger partial charge in [-0.25, -0.2) is 23.4 Å². The first-order valence-electron chi connectivity index (χ1n) is 7.92. The summed E-state index contributed by atoms with van der Waals surface area (Å²) < 4.78 is 106. The third kappa shape index (κ3) is 4.53. The summed E-state index contributed by atoms with van der Waals surface area (Å²) >= 11 is 0. The quantitative estimate of drug-likeness (QED) is 0.610. The Balaban J connectivity index is 2.03. The van der Waals surface area contributed by atoms with E-state index in [0.717, 1.165) is 12.4 Å². The average molecular weight is 451 g/mol. The number of hydrogen-bond acceptors (Lipinski definition) is 5. The molecule has 0 bridgehead atoms. The van der Waals surface area contributed by atoms with Gasteiger partial charge in [0.05, 0.1) is 16.0 Å². The lowest BCUT2D eigenvalue weighted by Gasteiger charge is -2.15. The molecule has 7 nitrogen and oxygen atoms in total. The van der Waals surface area contributed by atoms with Crippen LogP contribution >= 0.6 is 0 Å². The third-order valence-electron chi connectivity index (χ3n) is 3.84. The summed E-state index contributed by atoms with van der Waals surface area (Å²) in [5.74, 6) is 0.312. The predicted molar refractivity (Wildman–Crippen MR) is 91.1 cm³/mol. The Morgan fingerprint density at radius 1 is 0.900 bits per heavy atom. The molecule has 0 aliphatic rings. The number of alkyl halides is 6. The molecule has 14 heteroatoms. The van der Waals surface area contributed by atoms with Crippen molar-refractivity contribution in [3.63, 3.8) is 0 Å². The van der Waals surface area contributed by atoms with Crippen molar-refractivity contribution in [1.82, 2.24) is 19.5 Å². The summed E-state index contributed by atoms with van der Waals surface area (Å²) in [5, 5.41) is 0. The lowest BCUT2D eigenvalue weighted by Crippen LogP contribution is -2.18. The first-order chi connectivity index (χ1) is 13.8. The second kappa shape index (κ2) is 7.27. The maximum absolute atomic E-state index is 13.0. The molecule has 30 heavy (non-hydrogen) atoms. The highest BCUT2D eigenvalue weighted by Gasteiger charge is 2.38. The molecule has 3 rings (SSSR count). The van der Waals surface area contributed by atoms with Crippen LogP contribution < -0.4 is 4.72 Å². The van der Waals surface area contributed by atoms with E-state index in [1.807, 2.05) is 4.72 Å². The number of aromatic nitrogens is 4. The molecule has 0 saturated heterocycles. The minimum absolute atomic E-state index is 0.111. The Kier molecular flexibility index (Phi) is 5.22. The van der Waals surface area contributed by atoms with Gasteiger partial charge in [0.25, 0.3) is 10.0 Å². The zero-order valence-corrected chi connectivity index (χ0v) is 15.6. The van der Waals surface area contributed by atoms with Crippen LogP contribution in [0.25, 0.3) is 5.82 Å². The molecule has 0 radical (unpaired) electrons. The van der Waals surface area contributed by atoms with E-state index in [2.05, 4.69) is 15.0 Å². The summed E-state index contributed by atoms with van der Waals surface area (Å²) in [7, 11) is -4.84. The average Bonchev–Trinajstić information content (AvgIpc) is 3.06. The number of nitrogens with one attached hydrogen (secondary N) is 1. The standard InChI is InChI=1S/C16H11F6N5O2S/c1-9-23-2-3-27(9)14-7-13(24-8-25-14)26-30(28,29)12-5-10(15(17,18)19)4-11(6-12)16(20,21)22/h2-8H,1H3,(H,24,25,26). The Hall–Kier alpha value is -3.16. The van der Waals surface area contributed by atoms with Crippen molar-refractivity contribution in [3.8, 4) is 5.82 Å². The van der Waals surface area contributed by atoms with Crippen molar-refractivity contribution < 1.29 is 34.8 Å². The van der Waals surface area contributed by atoms with Crippen molar-refractivity contribution in [3.05, 3.63) is 59.9 Å². The van der Waals surface area contributed by atoms with Crippen LogP contribution in [0.1, 0.15) is 17.0 Å². The van der Waals surface area contributed by atoms with Gasteiger partial charge in [-0.3, -0.25) is 9.29 Å². The van der Waals surface area contributed by atoms with Crippen molar-refractivity contribution >= 4 is 15.8 Å². The Morgan fingerprint density at radius 3 is 2.00 bits per heavy atom. The molecule has 0 aliphatic heterocycles. The van der Waals surface area contributed by atoms with E-state index in [1.165, 1.54) is 17.0 Å². The van der Waals surface area contributed by atoms with Gasteiger partial charge in [0.15, 0.2) is 0 Å². The number of anilines is 1. The van der Waals surface area contributed by atoms with Gasteiger partial charge in [-0.05, 0) is 25.1 Å². The second-order valence-electron chi connectivity index (χ2n) is 5.95. The molecule has 0 aliphatic carbocycles. The minimum atomic E-state index is -5.19. The monoisotopic (exact) mass is 451 g/mol. The lowest BCUT2D eigenvalue weighted by molar-refractivity contribution is -0.143. The van der Waals surface area contributed by atoms with E-state index >= 15 is 0 Å². The highest BCUT2D eigenvalue weighted by molar-refractivity contribution is 7.92. The zero-order valence-electron chi connectivity index (χ0n) is 14.8. The van der Waals surface area contributed by atoms with E-state index in [0.29, 0.717) is 5.82 Å². The Morgan fingerprint density at radius 2 is 1.50 bits per heavy atom. The van der Waals surface area contributed by atoms with Gasteiger partial charge < -0.3 is 0 Å². The van der Waals surface area contributed by atoms with Gasteiger partial charge in [-0.2, -0.15) is 26.3 Å². The van der Waals surface area contributed by atoms with E-state index in [9.17, 15) is 34.8 Å². The number of hydrogen-bond donors (Lipinski definition) is 1. The molecule has 0 spiro atoms. The number of aryl methyl sites for hydroxylation is 1. The number of benzene rings is 1. The minimum Gasteiger partial charge on any atom is -0.288 e. The lowest BCUT2D eigenvalue weighted by atomic mass is 10.1. The van der Waals surface area contributed by atoms with Crippen molar-refractivity contribution in [2.45, 2.75) is 24.2 Å². The molecular formula is C16H11F6N5O2S. The van der Waals surface area contributed by atoms with Gasteiger partial charge in [-0.1, -0.05) is 0 Å². The largest absolute Gasteiger partial charge is 0.416 e. The fraction of sp³-hybridized carbons (Fsp3) is 0.188. The third-order valence-corrected chi connectivity index (χ3v) is 5.17. The van der Waals surface area contributed by atoms with Gasteiger partial charge in [-0.15, -0.1) is 0 Å². The van der Waals surface area contributed by atoms with Crippen LogP contribution in [0.5, 0.6) is 0 Å². The van der Waals surface area contributed by atoms with Gasteiger partial charge in [0.1, 0.15) is 23.8 Å². The second-order valence-corrected chi connectivity index (χ2v) is 7.64. The molecule has 2 heterocycles. The van der Waals surface area contributed by atoms with Crippen LogP contribution in [-0.2, 0) is 22.4 Å². The number of nitrogens with zero attached hydrogens (tertiary/aromatic N) is 4. The van der Waals surface area contributed by atoms with Crippen LogP contribution in [0.15, 0.2) is 47.9 Å². The maximum Gasteiger partial charge on any atom is 0.416 e. The molecule has 0 unspecified atom stereocenters. The molecule has 160 valence electrons. The highest BCUT2D eigenvalue weighted by atomic mass is 32.2. The molecule has 0 fully saturated rings. The van der Waals surface area contributed by atoms with Gasteiger partial charge in [0.2, 0.25) is 0 Å². The van der Waals surface area contributed by atoms with Crippen LogP contribution in [0.3, 0.4) is 0 Å². The summed E-state index contributed by atoms with van der Waals surface area (Å²) in [6.45, 7) is 1.63. The van der Waals surface area contributed by atoms with Gasteiger partial charge >= 0.3 is 12.4 Å². The summed E-state index contributed by atoms with van der Waals surface area (Å²) in [4.78, 5) is 10.3. The molecule has 0 amide bonds. The molecule has 0 atom stereocenters. The molecule has 0 saturated carbocycles. The zero-order chi connectivity index (χ0) is 22.3. The number of halogens is 6. The highest BCUT2D eigenvalue weighted by Crippen LogP contribution is 2.37. The van der Waals surface area contributed by atoms with Crippen LogP contribution in [-0.4, -0.2) is 27.9 Å². The first kappa shape index (κ1) is 21.5. The van der Waals surface area contributed by atoms with Crippen molar-refractivity contribution in [2.24, 2.45) is 0 Å². The summed E-state index contributed by atoms with van der Waals surface area (Å²) in [5.41, 5.74) is -3.51.